The Balaban J connectivity index is 1.94. The summed E-state index contributed by atoms with van der Waals surface area (Å²) in [6, 6.07) is 11.3. The quantitative estimate of drug-likeness (QED) is 0.666. The van der Waals surface area contributed by atoms with Crippen molar-refractivity contribution in [3.63, 3.8) is 0 Å². The first kappa shape index (κ1) is 19.8. The molecule has 0 bridgehead atoms. The largest absolute Gasteiger partial charge is 0.492 e. The van der Waals surface area contributed by atoms with Gasteiger partial charge >= 0.3 is 6.09 Å². The van der Waals surface area contributed by atoms with Crippen molar-refractivity contribution in [1.82, 2.24) is 5.32 Å². The number of carbonyl (C=O) groups is 1. The van der Waals surface area contributed by atoms with Crippen molar-refractivity contribution in [2.24, 2.45) is 5.73 Å². The van der Waals surface area contributed by atoms with Crippen LogP contribution in [0.3, 0.4) is 0 Å². The van der Waals surface area contributed by atoms with E-state index in [1.165, 1.54) is 5.56 Å². The van der Waals surface area contributed by atoms with E-state index in [0.29, 0.717) is 29.6 Å². The molecule has 1 aliphatic carbocycles. The average Bonchev–Trinajstić information content (AvgIpc) is 2.64. The molecule has 0 heterocycles. The molecule has 0 fully saturated rings. The van der Waals surface area contributed by atoms with Gasteiger partial charge in [0.1, 0.15) is 12.4 Å². The third-order valence-corrected chi connectivity index (χ3v) is 5.60. The SMILES string of the molecule is NCCOc1ccc2c(c1)C(Cc1ccc(Cl)c(Cl)c1)C(NC(=O)O)CC2. The molecule has 0 spiro atoms. The molecule has 1 aliphatic rings. The summed E-state index contributed by atoms with van der Waals surface area (Å²) in [5.41, 5.74) is 8.84. The number of hydrogen-bond acceptors (Lipinski definition) is 3. The summed E-state index contributed by atoms with van der Waals surface area (Å²) in [6.07, 6.45) is 1.19. The van der Waals surface area contributed by atoms with Crippen LogP contribution in [0.25, 0.3) is 0 Å². The van der Waals surface area contributed by atoms with Gasteiger partial charge in [-0.3, -0.25) is 0 Å². The van der Waals surface area contributed by atoms with Gasteiger partial charge in [0, 0.05) is 18.5 Å². The van der Waals surface area contributed by atoms with E-state index < -0.39 is 6.09 Å². The zero-order valence-corrected chi connectivity index (χ0v) is 16.3. The van der Waals surface area contributed by atoms with Crippen molar-refractivity contribution in [3.05, 3.63) is 63.1 Å². The van der Waals surface area contributed by atoms with E-state index in [2.05, 4.69) is 11.4 Å². The van der Waals surface area contributed by atoms with Crippen LogP contribution >= 0.6 is 23.2 Å². The molecule has 0 aromatic heterocycles. The number of rotatable bonds is 6. The molecule has 5 nitrogen and oxygen atoms in total. The van der Waals surface area contributed by atoms with Crippen molar-refractivity contribution < 1.29 is 14.6 Å². The molecule has 2 atom stereocenters. The van der Waals surface area contributed by atoms with E-state index in [1.54, 1.807) is 6.07 Å². The molecule has 4 N–H and O–H groups in total. The average molecular weight is 409 g/mol. The number of carboxylic acid groups (broad SMARTS) is 1. The van der Waals surface area contributed by atoms with Crippen molar-refractivity contribution >= 4 is 29.3 Å². The van der Waals surface area contributed by atoms with Crippen molar-refractivity contribution in [2.45, 2.75) is 31.2 Å². The molecule has 0 aliphatic heterocycles. The third-order valence-electron chi connectivity index (χ3n) is 4.86. The molecule has 2 aromatic carbocycles. The van der Waals surface area contributed by atoms with Crippen LogP contribution in [0.5, 0.6) is 5.75 Å². The van der Waals surface area contributed by atoms with Crippen LogP contribution in [-0.4, -0.2) is 30.4 Å². The van der Waals surface area contributed by atoms with Gasteiger partial charge in [-0.1, -0.05) is 35.3 Å². The fourth-order valence-electron chi connectivity index (χ4n) is 3.65. The molecule has 2 unspecified atom stereocenters. The number of ether oxygens (including phenoxy) is 1. The van der Waals surface area contributed by atoms with Crippen LogP contribution in [0.2, 0.25) is 10.0 Å². The highest BCUT2D eigenvalue weighted by atomic mass is 35.5. The molecule has 0 radical (unpaired) electrons. The van der Waals surface area contributed by atoms with Crippen molar-refractivity contribution in [3.8, 4) is 5.75 Å². The molecule has 3 rings (SSSR count). The molecule has 27 heavy (non-hydrogen) atoms. The van der Waals surface area contributed by atoms with Gasteiger partial charge in [-0.05, 0) is 60.2 Å². The molecule has 144 valence electrons. The molecule has 2 aromatic rings. The lowest BCUT2D eigenvalue weighted by atomic mass is 9.76. The van der Waals surface area contributed by atoms with E-state index in [0.717, 1.165) is 29.7 Å². The number of nitrogens with one attached hydrogen (secondary N) is 1. The van der Waals surface area contributed by atoms with E-state index in [1.807, 2.05) is 24.3 Å². The summed E-state index contributed by atoms with van der Waals surface area (Å²) >= 11 is 12.2. The second-order valence-electron chi connectivity index (χ2n) is 6.65. The van der Waals surface area contributed by atoms with Crippen molar-refractivity contribution in [1.29, 1.82) is 0 Å². The van der Waals surface area contributed by atoms with Crippen LogP contribution in [0.4, 0.5) is 4.79 Å². The number of amides is 1. The second kappa shape index (κ2) is 8.83. The summed E-state index contributed by atoms with van der Waals surface area (Å²) in [6.45, 7) is 0.875. The molecule has 1 amide bonds. The maximum absolute atomic E-state index is 11.3. The predicted octanol–water partition coefficient (Wildman–Crippen LogP) is 4.24. The standard InChI is InChI=1S/C20H22Cl2N2O3/c21-17-5-1-12(10-18(17)22)9-16-15-11-14(27-8-7-23)4-2-13(15)3-6-19(16)24-20(25)26/h1-2,4-5,10-11,16,19,24H,3,6-9,23H2,(H,25,26). The normalized spacial score (nSPS) is 18.6. The number of hydrogen-bond donors (Lipinski definition) is 3. The van der Waals surface area contributed by atoms with E-state index in [-0.39, 0.29) is 12.0 Å². The Kier molecular flexibility index (Phi) is 6.47. The van der Waals surface area contributed by atoms with Crippen LogP contribution in [0.1, 0.15) is 29.0 Å². The molecule has 7 heteroatoms. The fraction of sp³-hybridized carbons (Fsp3) is 0.350. The number of fused-ring (bicyclic) bond motifs is 1. The predicted molar refractivity (Wildman–Crippen MR) is 107 cm³/mol. The lowest BCUT2D eigenvalue weighted by Gasteiger charge is -2.34. The Morgan fingerprint density at radius 2 is 2.04 bits per heavy atom. The zero-order valence-electron chi connectivity index (χ0n) is 14.8. The summed E-state index contributed by atoms with van der Waals surface area (Å²) in [5.74, 6) is 0.720. The number of nitrogens with two attached hydrogens (primary N) is 1. The third kappa shape index (κ3) is 4.86. The van der Waals surface area contributed by atoms with Gasteiger partial charge in [-0.25, -0.2) is 4.79 Å². The summed E-state index contributed by atoms with van der Waals surface area (Å²) in [4.78, 5) is 11.3. The highest BCUT2D eigenvalue weighted by Crippen LogP contribution is 2.37. The van der Waals surface area contributed by atoms with Gasteiger partial charge < -0.3 is 20.9 Å². The number of halogens is 2. The Morgan fingerprint density at radius 3 is 2.74 bits per heavy atom. The lowest BCUT2D eigenvalue weighted by molar-refractivity contribution is 0.185. The summed E-state index contributed by atoms with van der Waals surface area (Å²) < 4.78 is 5.67. The first-order valence-electron chi connectivity index (χ1n) is 8.87. The molecule has 0 saturated heterocycles. The maximum atomic E-state index is 11.3. The Hall–Kier alpha value is -1.95. The van der Waals surface area contributed by atoms with Crippen LogP contribution in [-0.2, 0) is 12.8 Å². The molecular weight excluding hydrogens is 387 g/mol. The van der Waals surface area contributed by atoms with Crippen LogP contribution < -0.4 is 15.8 Å². The van der Waals surface area contributed by atoms with Gasteiger partial charge in [0.15, 0.2) is 0 Å². The van der Waals surface area contributed by atoms with E-state index in [4.69, 9.17) is 33.7 Å². The topological polar surface area (TPSA) is 84.6 Å². The minimum absolute atomic E-state index is 0.0245. The Bertz CT molecular complexity index is 829. The van der Waals surface area contributed by atoms with Gasteiger partial charge in [0.2, 0.25) is 0 Å². The highest BCUT2D eigenvalue weighted by molar-refractivity contribution is 6.42. The highest BCUT2D eigenvalue weighted by Gasteiger charge is 2.31. The van der Waals surface area contributed by atoms with E-state index in [9.17, 15) is 9.90 Å². The minimum Gasteiger partial charge on any atom is -0.492 e. The zero-order chi connectivity index (χ0) is 19.4. The smallest absolute Gasteiger partial charge is 0.404 e. The summed E-state index contributed by atoms with van der Waals surface area (Å²) in [7, 11) is 0. The number of aryl methyl sites for hydroxylation is 1. The van der Waals surface area contributed by atoms with Gasteiger partial charge in [0.05, 0.1) is 10.0 Å². The first-order chi connectivity index (χ1) is 13.0. The lowest BCUT2D eigenvalue weighted by Crippen LogP contribution is -2.42. The van der Waals surface area contributed by atoms with Gasteiger partial charge in [0.25, 0.3) is 0 Å². The second-order valence-corrected chi connectivity index (χ2v) is 7.47. The molecule has 0 saturated carbocycles. The maximum Gasteiger partial charge on any atom is 0.404 e. The van der Waals surface area contributed by atoms with E-state index >= 15 is 0 Å². The Morgan fingerprint density at radius 1 is 1.22 bits per heavy atom. The van der Waals surface area contributed by atoms with Crippen molar-refractivity contribution in [2.75, 3.05) is 13.2 Å². The monoisotopic (exact) mass is 408 g/mol. The fourth-order valence-corrected chi connectivity index (χ4v) is 3.97. The Labute approximate surface area is 168 Å². The first-order valence-corrected chi connectivity index (χ1v) is 9.62. The number of benzene rings is 2. The van der Waals surface area contributed by atoms with Crippen LogP contribution in [0, 0.1) is 0 Å². The minimum atomic E-state index is -1.02. The summed E-state index contributed by atoms with van der Waals surface area (Å²) in [5, 5.41) is 12.9. The van der Waals surface area contributed by atoms with Gasteiger partial charge in [-0.2, -0.15) is 0 Å². The van der Waals surface area contributed by atoms with Crippen LogP contribution in [0.15, 0.2) is 36.4 Å². The molecular formula is C20H22Cl2N2O3. The van der Waals surface area contributed by atoms with Gasteiger partial charge in [-0.15, -0.1) is 0 Å².